The molecule has 2 aromatic rings. The fraction of sp³-hybridized carbons (Fsp3) is 0.294. The quantitative estimate of drug-likeness (QED) is 0.628. The standard InChI is InChI=1S/C17H17FN2O4S/c1-25(23,24)12-6-7-15(16(10-12)20(21)22)19-11-17(8-9-17)13-4-2-3-5-14(13)18/h2-7,10,19H,8-9,11H2,1H3. The van der Waals surface area contributed by atoms with Gasteiger partial charge in [-0.05, 0) is 36.6 Å². The molecule has 8 heteroatoms. The summed E-state index contributed by atoms with van der Waals surface area (Å²) in [6.07, 6.45) is 2.57. The third-order valence-corrected chi connectivity index (χ3v) is 5.62. The van der Waals surface area contributed by atoms with Crippen molar-refractivity contribution in [2.45, 2.75) is 23.2 Å². The third-order valence-electron chi connectivity index (χ3n) is 4.51. The number of hydrogen-bond acceptors (Lipinski definition) is 5. The lowest BCUT2D eigenvalue weighted by atomic mass is 9.95. The molecule has 0 heterocycles. The lowest BCUT2D eigenvalue weighted by molar-refractivity contribution is -0.384. The van der Waals surface area contributed by atoms with Crippen LogP contribution >= 0.6 is 0 Å². The van der Waals surface area contributed by atoms with Gasteiger partial charge in [-0.15, -0.1) is 0 Å². The van der Waals surface area contributed by atoms with Crippen LogP contribution in [0.4, 0.5) is 15.8 Å². The van der Waals surface area contributed by atoms with Crippen LogP contribution in [0, 0.1) is 15.9 Å². The number of benzene rings is 2. The maximum atomic E-state index is 14.0. The molecule has 0 amide bonds. The van der Waals surface area contributed by atoms with E-state index < -0.39 is 14.8 Å². The van der Waals surface area contributed by atoms with Crippen LogP contribution in [0.1, 0.15) is 18.4 Å². The van der Waals surface area contributed by atoms with Gasteiger partial charge in [-0.25, -0.2) is 12.8 Å². The molecular formula is C17H17FN2O4S. The first-order chi connectivity index (χ1) is 11.7. The highest BCUT2D eigenvalue weighted by Crippen LogP contribution is 2.49. The van der Waals surface area contributed by atoms with Gasteiger partial charge in [0.2, 0.25) is 0 Å². The summed E-state index contributed by atoms with van der Waals surface area (Å²) in [5.74, 6) is -0.288. The third kappa shape index (κ3) is 3.48. The molecule has 0 unspecified atom stereocenters. The Hall–Kier alpha value is -2.48. The molecule has 6 nitrogen and oxygen atoms in total. The molecule has 0 radical (unpaired) electrons. The van der Waals surface area contributed by atoms with Crippen LogP contribution in [0.5, 0.6) is 0 Å². The van der Waals surface area contributed by atoms with Crippen LogP contribution in [0.2, 0.25) is 0 Å². The van der Waals surface area contributed by atoms with Gasteiger partial charge in [-0.3, -0.25) is 10.1 Å². The van der Waals surface area contributed by atoms with Gasteiger partial charge in [0.1, 0.15) is 11.5 Å². The maximum Gasteiger partial charge on any atom is 0.293 e. The number of nitrogens with zero attached hydrogens (tertiary/aromatic N) is 1. The Balaban J connectivity index is 1.87. The molecule has 1 fully saturated rings. The second-order valence-electron chi connectivity index (χ2n) is 6.32. The smallest absolute Gasteiger partial charge is 0.293 e. The minimum Gasteiger partial charge on any atom is -0.379 e. The molecule has 1 N–H and O–H groups in total. The van der Waals surface area contributed by atoms with Gasteiger partial charge in [-0.2, -0.15) is 0 Å². The molecule has 132 valence electrons. The maximum absolute atomic E-state index is 14.0. The van der Waals surface area contributed by atoms with Crippen LogP contribution in [-0.4, -0.2) is 26.1 Å². The molecule has 0 aliphatic heterocycles. The molecule has 0 bridgehead atoms. The predicted molar refractivity (Wildman–Crippen MR) is 92.0 cm³/mol. The van der Waals surface area contributed by atoms with Crippen LogP contribution in [0.15, 0.2) is 47.4 Å². The normalized spacial score (nSPS) is 15.6. The Labute approximate surface area is 144 Å². The number of sulfone groups is 1. The summed E-state index contributed by atoms with van der Waals surface area (Å²) in [5, 5.41) is 14.3. The van der Waals surface area contributed by atoms with Crippen molar-refractivity contribution in [2.24, 2.45) is 0 Å². The van der Waals surface area contributed by atoms with E-state index in [1.807, 2.05) is 0 Å². The van der Waals surface area contributed by atoms with E-state index in [0.717, 1.165) is 25.2 Å². The monoisotopic (exact) mass is 364 g/mol. The fourth-order valence-corrected chi connectivity index (χ4v) is 3.53. The van der Waals surface area contributed by atoms with Crippen LogP contribution in [0.3, 0.4) is 0 Å². The van der Waals surface area contributed by atoms with Crippen molar-refractivity contribution in [3.05, 3.63) is 64.0 Å². The molecule has 0 atom stereocenters. The Morgan fingerprint density at radius 1 is 1.24 bits per heavy atom. The van der Waals surface area contributed by atoms with E-state index in [2.05, 4.69) is 5.32 Å². The predicted octanol–water partition coefficient (Wildman–Crippen LogP) is 3.28. The Bertz CT molecular complexity index is 939. The highest BCUT2D eigenvalue weighted by atomic mass is 32.2. The molecule has 1 saturated carbocycles. The average molecular weight is 364 g/mol. The van der Waals surface area contributed by atoms with Crippen molar-refractivity contribution in [1.29, 1.82) is 0 Å². The van der Waals surface area contributed by atoms with Gasteiger partial charge < -0.3 is 5.32 Å². The van der Waals surface area contributed by atoms with Crippen LogP contribution < -0.4 is 5.32 Å². The van der Waals surface area contributed by atoms with Gasteiger partial charge in [0.05, 0.1) is 9.82 Å². The zero-order valence-corrected chi connectivity index (χ0v) is 14.3. The van der Waals surface area contributed by atoms with Crippen LogP contribution in [-0.2, 0) is 15.3 Å². The second-order valence-corrected chi connectivity index (χ2v) is 8.34. The highest BCUT2D eigenvalue weighted by molar-refractivity contribution is 7.90. The Morgan fingerprint density at radius 3 is 2.48 bits per heavy atom. The minimum atomic E-state index is -3.54. The molecule has 1 aliphatic carbocycles. The van der Waals surface area contributed by atoms with Crippen molar-refractivity contribution in [2.75, 3.05) is 18.1 Å². The second kappa shape index (κ2) is 6.11. The number of halogens is 1. The molecule has 0 spiro atoms. The lowest BCUT2D eigenvalue weighted by Crippen LogP contribution is -2.21. The summed E-state index contributed by atoms with van der Waals surface area (Å²) < 4.78 is 37.2. The van der Waals surface area contributed by atoms with Gasteiger partial charge in [0, 0.05) is 24.3 Å². The first kappa shape index (κ1) is 17.3. The van der Waals surface area contributed by atoms with E-state index in [-0.39, 0.29) is 27.5 Å². The zero-order chi connectivity index (χ0) is 18.2. The summed E-state index contributed by atoms with van der Waals surface area (Å²) in [6.45, 7) is 0.340. The summed E-state index contributed by atoms with van der Waals surface area (Å²) >= 11 is 0. The SMILES string of the molecule is CS(=O)(=O)c1ccc(NCC2(c3ccccc3F)CC2)c([N+](=O)[O-])c1. The number of nitro groups is 1. The van der Waals surface area contributed by atoms with Crippen LogP contribution in [0.25, 0.3) is 0 Å². The molecule has 25 heavy (non-hydrogen) atoms. The first-order valence-corrected chi connectivity index (χ1v) is 9.59. The molecule has 0 saturated heterocycles. The van der Waals surface area contributed by atoms with Crippen molar-refractivity contribution < 1.29 is 17.7 Å². The van der Waals surface area contributed by atoms with Crippen molar-refractivity contribution in [3.8, 4) is 0 Å². The van der Waals surface area contributed by atoms with E-state index in [4.69, 9.17) is 0 Å². The number of hydrogen-bond donors (Lipinski definition) is 1. The minimum absolute atomic E-state index is 0.111. The van der Waals surface area contributed by atoms with E-state index in [1.54, 1.807) is 18.2 Å². The van der Waals surface area contributed by atoms with E-state index in [1.165, 1.54) is 18.2 Å². The van der Waals surface area contributed by atoms with Crippen molar-refractivity contribution >= 4 is 21.2 Å². The van der Waals surface area contributed by atoms with E-state index >= 15 is 0 Å². The highest BCUT2D eigenvalue weighted by Gasteiger charge is 2.45. The fourth-order valence-electron chi connectivity index (χ4n) is 2.89. The Morgan fingerprint density at radius 2 is 1.92 bits per heavy atom. The summed E-state index contributed by atoms with van der Waals surface area (Å²) in [4.78, 5) is 10.5. The topological polar surface area (TPSA) is 89.3 Å². The largest absolute Gasteiger partial charge is 0.379 e. The van der Waals surface area contributed by atoms with Gasteiger partial charge in [0.15, 0.2) is 9.84 Å². The lowest BCUT2D eigenvalue weighted by Gasteiger charge is -2.18. The van der Waals surface area contributed by atoms with E-state index in [0.29, 0.717) is 12.1 Å². The molecular weight excluding hydrogens is 347 g/mol. The molecule has 2 aromatic carbocycles. The van der Waals surface area contributed by atoms with Gasteiger partial charge in [-0.1, -0.05) is 18.2 Å². The van der Waals surface area contributed by atoms with Gasteiger partial charge in [0.25, 0.3) is 5.69 Å². The summed E-state index contributed by atoms with van der Waals surface area (Å²) in [5.41, 5.74) is 0.125. The number of anilines is 1. The number of rotatable bonds is 6. The molecule has 1 aliphatic rings. The average Bonchev–Trinajstić information content (AvgIpc) is 3.33. The van der Waals surface area contributed by atoms with E-state index in [9.17, 15) is 22.9 Å². The van der Waals surface area contributed by atoms with Crippen molar-refractivity contribution in [1.82, 2.24) is 0 Å². The Kier molecular flexibility index (Phi) is 4.24. The number of nitrogens with one attached hydrogen (secondary N) is 1. The van der Waals surface area contributed by atoms with Crippen molar-refractivity contribution in [3.63, 3.8) is 0 Å². The first-order valence-electron chi connectivity index (χ1n) is 7.70. The molecule has 3 rings (SSSR count). The summed E-state index contributed by atoms with van der Waals surface area (Å²) in [7, 11) is -3.54. The summed E-state index contributed by atoms with van der Waals surface area (Å²) in [6, 6.07) is 10.3. The zero-order valence-electron chi connectivity index (χ0n) is 13.5. The molecule has 0 aromatic heterocycles. The number of nitro benzene ring substituents is 1. The van der Waals surface area contributed by atoms with Gasteiger partial charge >= 0.3 is 0 Å².